The first-order valence-corrected chi connectivity index (χ1v) is 3.12. The van der Waals surface area contributed by atoms with Crippen LogP contribution in [0.1, 0.15) is 0 Å². The molecule has 0 aliphatic heterocycles. The standard InChI is InChI=1S/C7H12N4/c1-3-10-11-7-9-6-4-5-8-2/h3-6,10-11H,1-2,7H2/b5-4-,9-6?. The molecule has 0 unspecified atom stereocenters. The van der Waals surface area contributed by atoms with Gasteiger partial charge in [-0.05, 0) is 12.8 Å². The highest BCUT2D eigenvalue weighted by molar-refractivity contribution is 5.70. The number of hydrogen-bond acceptors (Lipinski definition) is 4. The molecule has 0 aromatic carbocycles. The van der Waals surface area contributed by atoms with Crippen LogP contribution in [0.4, 0.5) is 0 Å². The number of hydrogen-bond donors (Lipinski definition) is 2. The summed E-state index contributed by atoms with van der Waals surface area (Å²) in [6, 6.07) is 0. The topological polar surface area (TPSA) is 48.8 Å². The number of nitrogens with one attached hydrogen (secondary N) is 2. The van der Waals surface area contributed by atoms with Crippen LogP contribution in [0.3, 0.4) is 0 Å². The molecule has 0 atom stereocenters. The van der Waals surface area contributed by atoms with E-state index in [1.165, 1.54) is 6.20 Å². The lowest BCUT2D eigenvalue weighted by molar-refractivity contribution is 0.645. The van der Waals surface area contributed by atoms with E-state index in [1.807, 2.05) is 0 Å². The van der Waals surface area contributed by atoms with Gasteiger partial charge in [-0.3, -0.25) is 9.98 Å². The molecule has 0 amide bonds. The van der Waals surface area contributed by atoms with Crippen molar-refractivity contribution < 1.29 is 0 Å². The van der Waals surface area contributed by atoms with Crippen LogP contribution in [0.5, 0.6) is 0 Å². The first-order chi connectivity index (χ1) is 5.41. The molecule has 0 radical (unpaired) electrons. The Morgan fingerprint density at radius 3 is 2.91 bits per heavy atom. The van der Waals surface area contributed by atoms with Crippen molar-refractivity contribution >= 4 is 12.9 Å². The van der Waals surface area contributed by atoms with E-state index in [-0.39, 0.29) is 0 Å². The molecule has 0 saturated heterocycles. The first kappa shape index (κ1) is 9.58. The summed E-state index contributed by atoms with van der Waals surface area (Å²) in [4.78, 5) is 7.42. The highest BCUT2D eigenvalue weighted by Gasteiger charge is 1.70. The van der Waals surface area contributed by atoms with Crippen LogP contribution in [0.15, 0.2) is 35.0 Å². The fourth-order valence-corrected chi connectivity index (χ4v) is 0.376. The van der Waals surface area contributed by atoms with Gasteiger partial charge >= 0.3 is 0 Å². The summed E-state index contributed by atoms with van der Waals surface area (Å²) in [6.07, 6.45) is 6.43. The molecule has 60 valence electrons. The van der Waals surface area contributed by atoms with E-state index in [0.717, 1.165) is 0 Å². The van der Waals surface area contributed by atoms with Crippen LogP contribution in [-0.2, 0) is 0 Å². The Morgan fingerprint density at radius 2 is 2.27 bits per heavy atom. The Hall–Kier alpha value is -1.42. The minimum Gasteiger partial charge on any atom is -0.328 e. The van der Waals surface area contributed by atoms with Gasteiger partial charge in [0.05, 0.1) is 0 Å². The van der Waals surface area contributed by atoms with E-state index in [1.54, 1.807) is 18.5 Å². The van der Waals surface area contributed by atoms with Crippen molar-refractivity contribution in [1.82, 2.24) is 10.9 Å². The zero-order valence-corrected chi connectivity index (χ0v) is 6.33. The third-order valence-corrected chi connectivity index (χ3v) is 0.757. The Balaban J connectivity index is 3.22. The Labute approximate surface area is 66.4 Å². The predicted molar refractivity (Wildman–Crippen MR) is 48.5 cm³/mol. The number of rotatable bonds is 6. The maximum atomic E-state index is 3.93. The number of nitrogens with zero attached hydrogens (tertiary/aromatic N) is 2. The highest BCUT2D eigenvalue weighted by atomic mass is 15.4. The monoisotopic (exact) mass is 152 g/mol. The van der Waals surface area contributed by atoms with Gasteiger partial charge < -0.3 is 5.43 Å². The summed E-state index contributed by atoms with van der Waals surface area (Å²) in [7, 11) is 0. The van der Waals surface area contributed by atoms with E-state index in [2.05, 4.69) is 34.1 Å². The molecular weight excluding hydrogens is 140 g/mol. The van der Waals surface area contributed by atoms with Crippen molar-refractivity contribution in [3.63, 3.8) is 0 Å². The second-order valence-corrected chi connectivity index (χ2v) is 1.54. The molecular formula is C7H12N4. The lowest BCUT2D eigenvalue weighted by Gasteiger charge is -1.95. The van der Waals surface area contributed by atoms with Crippen LogP contribution >= 0.6 is 0 Å². The van der Waals surface area contributed by atoms with Gasteiger partial charge in [0.1, 0.15) is 6.67 Å². The van der Waals surface area contributed by atoms with Crippen molar-refractivity contribution in [2.75, 3.05) is 6.67 Å². The molecule has 0 spiro atoms. The maximum Gasteiger partial charge on any atom is 0.105 e. The van der Waals surface area contributed by atoms with Gasteiger partial charge in [-0.25, -0.2) is 5.43 Å². The molecule has 0 heterocycles. The van der Waals surface area contributed by atoms with Gasteiger partial charge in [0, 0.05) is 18.6 Å². The lowest BCUT2D eigenvalue weighted by Crippen LogP contribution is -2.26. The second kappa shape index (κ2) is 8.58. The normalized spacial score (nSPS) is 10.5. The van der Waals surface area contributed by atoms with E-state index < -0.39 is 0 Å². The Kier molecular flexibility index (Phi) is 7.47. The third-order valence-electron chi connectivity index (χ3n) is 0.757. The van der Waals surface area contributed by atoms with Crippen molar-refractivity contribution in [2.24, 2.45) is 9.98 Å². The Bertz CT molecular complexity index is 160. The fourth-order valence-electron chi connectivity index (χ4n) is 0.376. The number of hydrazine groups is 1. The van der Waals surface area contributed by atoms with Gasteiger partial charge in [-0.15, -0.1) is 0 Å². The van der Waals surface area contributed by atoms with Gasteiger partial charge in [-0.2, -0.15) is 0 Å². The summed E-state index contributed by atoms with van der Waals surface area (Å²) in [5.41, 5.74) is 5.45. The third kappa shape index (κ3) is 8.58. The smallest absolute Gasteiger partial charge is 0.105 e. The summed E-state index contributed by atoms with van der Waals surface area (Å²) >= 11 is 0. The van der Waals surface area contributed by atoms with E-state index >= 15 is 0 Å². The average Bonchev–Trinajstić information content (AvgIpc) is 2.03. The highest BCUT2D eigenvalue weighted by Crippen LogP contribution is 1.68. The van der Waals surface area contributed by atoms with Crippen molar-refractivity contribution in [3.05, 3.63) is 25.1 Å². The summed E-state index contributed by atoms with van der Waals surface area (Å²) in [5, 5.41) is 0. The molecule has 2 N–H and O–H groups in total. The van der Waals surface area contributed by atoms with Gasteiger partial charge in [0.2, 0.25) is 0 Å². The van der Waals surface area contributed by atoms with Crippen molar-refractivity contribution in [2.45, 2.75) is 0 Å². The summed E-state index contributed by atoms with van der Waals surface area (Å²) in [5.74, 6) is 0. The molecule has 0 fully saturated rings. The quantitative estimate of drug-likeness (QED) is 0.330. The van der Waals surface area contributed by atoms with E-state index in [0.29, 0.717) is 6.67 Å². The molecule has 0 rings (SSSR count). The molecule has 0 aliphatic carbocycles. The largest absolute Gasteiger partial charge is 0.328 e. The molecule has 0 aliphatic rings. The van der Waals surface area contributed by atoms with Crippen LogP contribution < -0.4 is 10.9 Å². The second-order valence-electron chi connectivity index (χ2n) is 1.54. The molecule has 0 aromatic rings. The van der Waals surface area contributed by atoms with Crippen molar-refractivity contribution in [1.29, 1.82) is 0 Å². The molecule has 11 heavy (non-hydrogen) atoms. The molecule has 0 saturated carbocycles. The minimum absolute atomic E-state index is 0.494. The van der Waals surface area contributed by atoms with Crippen LogP contribution in [-0.4, -0.2) is 19.6 Å². The molecule has 4 nitrogen and oxygen atoms in total. The van der Waals surface area contributed by atoms with Gasteiger partial charge in [0.25, 0.3) is 0 Å². The number of allylic oxidation sites excluding steroid dienone is 1. The first-order valence-electron chi connectivity index (χ1n) is 3.12. The van der Waals surface area contributed by atoms with Crippen molar-refractivity contribution in [3.8, 4) is 0 Å². The van der Waals surface area contributed by atoms with E-state index in [9.17, 15) is 0 Å². The summed E-state index contributed by atoms with van der Waals surface area (Å²) < 4.78 is 0. The summed E-state index contributed by atoms with van der Waals surface area (Å²) in [6.45, 7) is 7.21. The maximum absolute atomic E-state index is 3.93. The molecule has 0 aromatic heterocycles. The van der Waals surface area contributed by atoms with E-state index in [4.69, 9.17) is 0 Å². The zero-order chi connectivity index (χ0) is 8.36. The average molecular weight is 152 g/mol. The zero-order valence-electron chi connectivity index (χ0n) is 6.33. The lowest BCUT2D eigenvalue weighted by atomic mass is 10.7. The minimum atomic E-state index is 0.494. The van der Waals surface area contributed by atoms with Crippen LogP contribution in [0, 0.1) is 0 Å². The van der Waals surface area contributed by atoms with Crippen LogP contribution in [0.2, 0.25) is 0 Å². The van der Waals surface area contributed by atoms with Gasteiger partial charge in [0.15, 0.2) is 0 Å². The predicted octanol–water partition coefficient (Wildman–Crippen LogP) is 0.467. The van der Waals surface area contributed by atoms with Crippen LogP contribution in [0.25, 0.3) is 0 Å². The SMILES string of the molecule is C=CNNCN=C/C=C\N=C. The molecule has 4 heteroatoms. The molecule has 0 bridgehead atoms. The fraction of sp³-hybridized carbons (Fsp3) is 0.143. The number of aliphatic imine (C=N–C) groups is 2. The van der Waals surface area contributed by atoms with Gasteiger partial charge in [-0.1, -0.05) is 6.58 Å². The Morgan fingerprint density at radius 1 is 1.45 bits per heavy atom.